The van der Waals surface area contributed by atoms with Crippen LogP contribution in [0.4, 0.5) is 4.79 Å². The Balaban J connectivity index is 1.75. The number of hydrogen-bond donors (Lipinski definition) is 0. The Morgan fingerprint density at radius 1 is 1.14 bits per heavy atom. The standard InChI is InChI=1S/C19H23N3O5S/c1-20-7-9-21(10-8-20)16(23)12-22-18(24)15(28-19(22)25)11-13-5-4-6-14(26-2)17(13)27-3/h4-6,11H,7-10,12H2,1-3H3/b15-11-. The van der Waals surface area contributed by atoms with Crippen LogP contribution in [0.25, 0.3) is 6.08 Å². The lowest BCUT2D eigenvalue weighted by atomic mass is 10.1. The number of nitrogens with zero attached hydrogens (tertiary/aromatic N) is 3. The molecule has 0 N–H and O–H groups in total. The molecule has 0 spiro atoms. The molecule has 2 fully saturated rings. The van der Waals surface area contributed by atoms with Gasteiger partial charge in [-0.3, -0.25) is 19.3 Å². The Labute approximate surface area is 168 Å². The number of ether oxygens (including phenoxy) is 2. The van der Waals surface area contributed by atoms with E-state index in [1.165, 1.54) is 14.2 Å². The third-order valence-electron chi connectivity index (χ3n) is 4.74. The minimum Gasteiger partial charge on any atom is -0.493 e. The van der Waals surface area contributed by atoms with Crippen molar-refractivity contribution in [1.82, 2.24) is 14.7 Å². The lowest BCUT2D eigenvalue weighted by Gasteiger charge is -2.33. The van der Waals surface area contributed by atoms with Gasteiger partial charge in [-0.25, -0.2) is 0 Å². The highest BCUT2D eigenvalue weighted by atomic mass is 32.2. The van der Waals surface area contributed by atoms with Crippen LogP contribution in [0.3, 0.4) is 0 Å². The molecular weight excluding hydrogens is 382 g/mol. The van der Waals surface area contributed by atoms with Crippen molar-refractivity contribution in [1.29, 1.82) is 0 Å². The number of methoxy groups -OCH3 is 2. The topological polar surface area (TPSA) is 79.4 Å². The highest BCUT2D eigenvalue weighted by molar-refractivity contribution is 8.18. The van der Waals surface area contributed by atoms with Crippen molar-refractivity contribution in [2.24, 2.45) is 0 Å². The minimum absolute atomic E-state index is 0.212. The van der Waals surface area contributed by atoms with Gasteiger partial charge in [-0.05, 0) is 31.0 Å². The number of para-hydroxylation sites is 1. The van der Waals surface area contributed by atoms with E-state index in [0.717, 1.165) is 29.8 Å². The third-order valence-corrected chi connectivity index (χ3v) is 5.65. The predicted octanol–water partition coefficient (Wildman–Crippen LogP) is 1.51. The van der Waals surface area contributed by atoms with Crippen molar-refractivity contribution in [3.05, 3.63) is 28.7 Å². The molecule has 9 heteroatoms. The molecule has 0 atom stereocenters. The Hall–Kier alpha value is -2.52. The number of carbonyl (C=O) groups excluding carboxylic acids is 3. The molecule has 2 aliphatic heterocycles. The highest BCUT2D eigenvalue weighted by Crippen LogP contribution is 2.37. The first-order valence-electron chi connectivity index (χ1n) is 8.87. The van der Waals surface area contributed by atoms with Gasteiger partial charge in [-0.15, -0.1) is 0 Å². The van der Waals surface area contributed by atoms with Crippen LogP contribution in [0.2, 0.25) is 0 Å². The van der Waals surface area contributed by atoms with Crippen molar-refractivity contribution in [2.75, 3.05) is 54.0 Å². The van der Waals surface area contributed by atoms with E-state index >= 15 is 0 Å². The van der Waals surface area contributed by atoms with Crippen molar-refractivity contribution in [3.63, 3.8) is 0 Å². The predicted molar refractivity (Wildman–Crippen MR) is 106 cm³/mol. The van der Waals surface area contributed by atoms with Gasteiger partial charge >= 0.3 is 0 Å². The van der Waals surface area contributed by atoms with Crippen LogP contribution in [0, 0.1) is 0 Å². The maximum Gasteiger partial charge on any atom is 0.294 e. The Morgan fingerprint density at radius 3 is 2.50 bits per heavy atom. The number of rotatable bonds is 5. The molecule has 2 aliphatic rings. The fourth-order valence-corrected chi connectivity index (χ4v) is 3.92. The summed E-state index contributed by atoms with van der Waals surface area (Å²) >= 11 is 0.822. The second-order valence-electron chi connectivity index (χ2n) is 6.53. The summed E-state index contributed by atoms with van der Waals surface area (Å²) in [5, 5.41) is -0.444. The van der Waals surface area contributed by atoms with Gasteiger partial charge in [0.1, 0.15) is 6.54 Å². The van der Waals surface area contributed by atoms with E-state index in [-0.39, 0.29) is 17.4 Å². The molecule has 1 aromatic rings. The molecular formula is C19H23N3O5S. The summed E-state index contributed by atoms with van der Waals surface area (Å²) in [5.74, 6) is 0.323. The van der Waals surface area contributed by atoms with Crippen LogP contribution >= 0.6 is 11.8 Å². The maximum absolute atomic E-state index is 12.7. The highest BCUT2D eigenvalue weighted by Gasteiger charge is 2.37. The van der Waals surface area contributed by atoms with Crippen LogP contribution in [-0.2, 0) is 9.59 Å². The molecule has 3 amide bonds. The van der Waals surface area contributed by atoms with Gasteiger partial charge in [0, 0.05) is 31.7 Å². The molecule has 1 aromatic carbocycles. The average molecular weight is 405 g/mol. The van der Waals surface area contributed by atoms with E-state index in [9.17, 15) is 14.4 Å². The summed E-state index contributed by atoms with van der Waals surface area (Å²) in [5.41, 5.74) is 0.623. The monoisotopic (exact) mass is 405 g/mol. The normalized spacial score (nSPS) is 19.5. The van der Waals surface area contributed by atoms with E-state index in [2.05, 4.69) is 4.90 Å². The number of piperazine rings is 1. The minimum atomic E-state index is -0.470. The van der Waals surface area contributed by atoms with Crippen LogP contribution in [0.5, 0.6) is 11.5 Å². The zero-order valence-corrected chi connectivity index (χ0v) is 17.0. The summed E-state index contributed by atoms with van der Waals surface area (Å²) in [4.78, 5) is 42.6. The van der Waals surface area contributed by atoms with Crippen molar-refractivity contribution in [3.8, 4) is 11.5 Å². The first-order chi connectivity index (χ1) is 13.4. The number of imide groups is 1. The summed E-state index contributed by atoms with van der Waals surface area (Å²) in [6, 6.07) is 5.29. The zero-order valence-electron chi connectivity index (χ0n) is 16.1. The largest absolute Gasteiger partial charge is 0.493 e. The van der Waals surface area contributed by atoms with Crippen LogP contribution < -0.4 is 9.47 Å². The molecule has 3 rings (SSSR count). The van der Waals surface area contributed by atoms with E-state index < -0.39 is 11.1 Å². The summed E-state index contributed by atoms with van der Waals surface area (Å²) < 4.78 is 10.6. The maximum atomic E-state index is 12.7. The Morgan fingerprint density at radius 2 is 1.86 bits per heavy atom. The molecule has 0 aromatic heterocycles. The smallest absolute Gasteiger partial charge is 0.294 e. The molecule has 0 unspecified atom stereocenters. The lowest BCUT2D eigenvalue weighted by Crippen LogP contribution is -2.50. The Kier molecular flexibility index (Phi) is 6.25. The first-order valence-corrected chi connectivity index (χ1v) is 9.69. The van der Waals surface area contributed by atoms with Crippen molar-refractivity contribution in [2.45, 2.75) is 0 Å². The van der Waals surface area contributed by atoms with Gasteiger partial charge < -0.3 is 19.3 Å². The quantitative estimate of drug-likeness (QED) is 0.687. The first kappa shape index (κ1) is 20.2. The SMILES string of the molecule is COc1cccc(/C=C2\SC(=O)N(CC(=O)N3CCN(C)CC3)C2=O)c1OC. The molecule has 8 nitrogen and oxygen atoms in total. The van der Waals surface area contributed by atoms with Gasteiger partial charge in [0.2, 0.25) is 5.91 Å². The lowest BCUT2D eigenvalue weighted by molar-refractivity contribution is -0.137. The second kappa shape index (κ2) is 8.66. The third kappa shape index (κ3) is 4.15. The zero-order chi connectivity index (χ0) is 20.3. The van der Waals surface area contributed by atoms with Gasteiger partial charge in [0.15, 0.2) is 11.5 Å². The number of benzene rings is 1. The summed E-state index contributed by atoms with van der Waals surface area (Å²) in [6.45, 7) is 2.53. The van der Waals surface area contributed by atoms with Gasteiger partial charge in [-0.2, -0.15) is 0 Å². The van der Waals surface area contributed by atoms with Crippen molar-refractivity contribution >= 4 is 34.9 Å². The van der Waals surface area contributed by atoms with E-state index in [1.54, 1.807) is 29.2 Å². The number of likely N-dealkylation sites (N-methyl/N-ethyl adjacent to an activating group) is 1. The number of thioether (sulfide) groups is 1. The average Bonchev–Trinajstić information content (AvgIpc) is 2.95. The number of carbonyl (C=O) groups is 3. The van der Waals surface area contributed by atoms with E-state index in [0.29, 0.717) is 30.2 Å². The van der Waals surface area contributed by atoms with E-state index in [4.69, 9.17) is 9.47 Å². The molecule has 2 heterocycles. The van der Waals surface area contributed by atoms with Gasteiger partial charge in [0.25, 0.3) is 11.1 Å². The molecule has 0 saturated carbocycles. The van der Waals surface area contributed by atoms with Crippen LogP contribution in [-0.4, -0.2) is 85.7 Å². The Bertz CT molecular complexity index is 818. The molecule has 150 valence electrons. The molecule has 28 heavy (non-hydrogen) atoms. The summed E-state index contributed by atoms with van der Waals surface area (Å²) in [7, 11) is 5.03. The number of hydrogen-bond acceptors (Lipinski definition) is 7. The van der Waals surface area contributed by atoms with Crippen LogP contribution in [0.15, 0.2) is 23.1 Å². The molecule has 0 bridgehead atoms. The fraction of sp³-hybridized carbons (Fsp3) is 0.421. The van der Waals surface area contributed by atoms with Gasteiger partial charge in [0.05, 0.1) is 19.1 Å². The molecule has 0 aliphatic carbocycles. The molecule has 2 saturated heterocycles. The number of amides is 3. The summed E-state index contributed by atoms with van der Waals surface area (Å²) in [6.07, 6.45) is 1.59. The van der Waals surface area contributed by atoms with Crippen LogP contribution in [0.1, 0.15) is 5.56 Å². The van der Waals surface area contributed by atoms with Gasteiger partial charge in [-0.1, -0.05) is 12.1 Å². The fourth-order valence-electron chi connectivity index (χ4n) is 3.09. The van der Waals surface area contributed by atoms with Crippen molar-refractivity contribution < 1.29 is 23.9 Å². The molecule has 0 radical (unpaired) electrons. The second-order valence-corrected chi connectivity index (χ2v) is 7.53. The van der Waals surface area contributed by atoms with E-state index in [1.807, 2.05) is 7.05 Å².